The number of H-pyrrole nitrogens is 1. The van der Waals surface area contributed by atoms with Crippen molar-refractivity contribution >= 4 is 15.9 Å². The maximum absolute atomic E-state index is 4.30. The Kier molecular flexibility index (Phi) is 4.28. The summed E-state index contributed by atoms with van der Waals surface area (Å²) in [5.41, 5.74) is 1.18. The van der Waals surface area contributed by atoms with Gasteiger partial charge in [0.05, 0.1) is 6.04 Å². The lowest BCUT2D eigenvalue weighted by Crippen LogP contribution is -2.24. The number of hydrogen-bond donors (Lipinski definition) is 2. The van der Waals surface area contributed by atoms with Crippen LogP contribution in [0.2, 0.25) is 0 Å². The summed E-state index contributed by atoms with van der Waals surface area (Å²) in [5.74, 6) is 0.965. The van der Waals surface area contributed by atoms with E-state index in [1.807, 2.05) is 12.4 Å². The molecule has 0 aliphatic rings. The van der Waals surface area contributed by atoms with Crippen molar-refractivity contribution in [2.75, 3.05) is 6.54 Å². The Labute approximate surface area is 109 Å². The predicted octanol–water partition coefficient (Wildman–Crippen LogP) is 2.46. The molecule has 90 valence electrons. The van der Waals surface area contributed by atoms with Crippen LogP contribution in [-0.2, 0) is 6.42 Å². The van der Waals surface area contributed by atoms with E-state index in [1.54, 1.807) is 12.4 Å². The number of likely N-dealkylation sites (N-methyl/N-ethyl adjacent to an activating group) is 1. The van der Waals surface area contributed by atoms with Crippen LogP contribution in [0.15, 0.2) is 35.3 Å². The van der Waals surface area contributed by atoms with Gasteiger partial charge < -0.3 is 10.3 Å². The second-order valence-corrected chi connectivity index (χ2v) is 4.72. The van der Waals surface area contributed by atoms with Gasteiger partial charge in [0.2, 0.25) is 0 Å². The average molecular weight is 295 g/mol. The molecule has 0 spiro atoms. The van der Waals surface area contributed by atoms with Crippen LogP contribution in [0.25, 0.3) is 0 Å². The van der Waals surface area contributed by atoms with Crippen molar-refractivity contribution in [1.29, 1.82) is 0 Å². The Morgan fingerprint density at radius 3 is 3.00 bits per heavy atom. The first kappa shape index (κ1) is 12.3. The highest BCUT2D eigenvalue weighted by atomic mass is 79.9. The summed E-state index contributed by atoms with van der Waals surface area (Å²) in [6, 6.07) is 2.28. The Hall–Kier alpha value is -1.20. The van der Waals surface area contributed by atoms with Crippen molar-refractivity contribution in [3.8, 4) is 0 Å². The summed E-state index contributed by atoms with van der Waals surface area (Å²) in [5, 5.41) is 3.42. The van der Waals surface area contributed by atoms with E-state index in [4.69, 9.17) is 0 Å². The molecule has 0 aliphatic heterocycles. The normalized spacial score (nSPS) is 12.6. The number of aromatic nitrogens is 3. The van der Waals surface area contributed by atoms with E-state index in [9.17, 15) is 0 Å². The highest BCUT2D eigenvalue weighted by molar-refractivity contribution is 9.10. The largest absolute Gasteiger partial charge is 0.347 e. The van der Waals surface area contributed by atoms with Gasteiger partial charge in [-0.2, -0.15) is 0 Å². The lowest BCUT2D eigenvalue weighted by Gasteiger charge is -2.15. The highest BCUT2D eigenvalue weighted by Crippen LogP contribution is 2.17. The van der Waals surface area contributed by atoms with Crippen molar-refractivity contribution < 1.29 is 0 Å². The van der Waals surface area contributed by atoms with Gasteiger partial charge in [-0.25, -0.2) is 4.98 Å². The molecule has 0 aromatic carbocycles. The molecule has 0 saturated heterocycles. The summed E-state index contributed by atoms with van der Waals surface area (Å²) in [7, 11) is 0. The van der Waals surface area contributed by atoms with Gasteiger partial charge >= 0.3 is 0 Å². The summed E-state index contributed by atoms with van der Waals surface area (Å²) in [4.78, 5) is 11.6. The fraction of sp³-hybridized carbons (Fsp3) is 0.333. The van der Waals surface area contributed by atoms with Gasteiger partial charge in [-0.3, -0.25) is 4.98 Å². The van der Waals surface area contributed by atoms with E-state index in [2.05, 4.69) is 49.2 Å². The maximum Gasteiger partial charge on any atom is 0.123 e. The monoisotopic (exact) mass is 294 g/mol. The molecule has 0 amide bonds. The molecular formula is C12H15BrN4. The summed E-state index contributed by atoms with van der Waals surface area (Å²) < 4.78 is 1.00. The van der Waals surface area contributed by atoms with Crippen LogP contribution in [0, 0.1) is 0 Å². The van der Waals surface area contributed by atoms with E-state index in [0.717, 1.165) is 23.3 Å². The van der Waals surface area contributed by atoms with Gasteiger partial charge in [0.25, 0.3) is 0 Å². The smallest absolute Gasteiger partial charge is 0.123 e. The molecule has 2 N–H and O–H groups in total. The minimum absolute atomic E-state index is 0.200. The summed E-state index contributed by atoms with van der Waals surface area (Å²) in [6.07, 6.45) is 8.17. The molecule has 1 unspecified atom stereocenters. The molecule has 17 heavy (non-hydrogen) atoms. The lowest BCUT2D eigenvalue weighted by atomic mass is 10.1. The zero-order valence-corrected chi connectivity index (χ0v) is 11.2. The Balaban J connectivity index is 2.13. The Bertz CT molecular complexity index is 455. The van der Waals surface area contributed by atoms with Crippen LogP contribution in [0.1, 0.15) is 24.4 Å². The number of halogens is 1. The van der Waals surface area contributed by atoms with Crippen molar-refractivity contribution in [3.05, 3.63) is 46.7 Å². The quantitative estimate of drug-likeness (QED) is 0.891. The molecule has 2 aromatic rings. The average Bonchev–Trinajstić information content (AvgIpc) is 2.82. The van der Waals surface area contributed by atoms with Crippen molar-refractivity contribution in [3.63, 3.8) is 0 Å². The van der Waals surface area contributed by atoms with Gasteiger partial charge in [0.15, 0.2) is 0 Å². The second kappa shape index (κ2) is 5.93. The Morgan fingerprint density at radius 1 is 1.47 bits per heavy atom. The van der Waals surface area contributed by atoms with Crippen LogP contribution in [-0.4, -0.2) is 21.5 Å². The first-order valence-corrected chi connectivity index (χ1v) is 6.41. The molecule has 0 bridgehead atoms. The van der Waals surface area contributed by atoms with E-state index < -0.39 is 0 Å². The van der Waals surface area contributed by atoms with Crippen molar-refractivity contribution in [2.45, 2.75) is 19.4 Å². The van der Waals surface area contributed by atoms with E-state index in [-0.39, 0.29) is 6.04 Å². The SMILES string of the molecule is CCNC(Cc1cncc(Br)c1)c1ncc[nH]1. The second-order valence-electron chi connectivity index (χ2n) is 3.80. The number of nitrogens with one attached hydrogen (secondary N) is 2. The van der Waals surface area contributed by atoms with Gasteiger partial charge in [-0.1, -0.05) is 6.92 Å². The van der Waals surface area contributed by atoms with Gasteiger partial charge in [-0.15, -0.1) is 0 Å². The molecule has 0 fully saturated rings. The molecule has 2 aromatic heterocycles. The predicted molar refractivity (Wildman–Crippen MR) is 70.6 cm³/mol. The Morgan fingerprint density at radius 2 is 2.35 bits per heavy atom. The molecule has 0 radical (unpaired) electrons. The topological polar surface area (TPSA) is 53.6 Å². The maximum atomic E-state index is 4.30. The number of pyridine rings is 1. The third-order valence-corrected chi connectivity index (χ3v) is 2.93. The fourth-order valence-electron chi connectivity index (χ4n) is 1.78. The first-order chi connectivity index (χ1) is 8.29. The molecule has 1 atom stereocenters. The van der Waals surface area contributed by atoms with Crippen molar-refractivity contribution in [2.24, 2.45) is 0 Å². The molecule has 0 aliphatic carbocycles. The summed E-state index contributed by atoms with van der Waals surface area (Å²) in [6.45, 7) is 3.00. The van der Waals surface area contributed by atoms with Gasteiger partial charge in [0, 0.05) is 29.3 Å². The zero-order valence-electron chi connectivity index (χ0n) is 9.65. The van der Waals surface area contributed by atoms with Crippen LogP contribution >= 0.6 is 15.9 Å². The number of hydrogen-bond acceptors (Lipinski definition) is 3. The minimum Gasteiger partial charge on any atom is -0.347 e. The molecule has 2 heterocycles. The number of rotatable bonds is 5. The lowest BCUT2D eigenvalue weighted by molar-refractivity contribution is 0.525. The van der Waals surface area contributed by atoms with Crippen LogP contribution in [0.4, 0.5) is 0 Å². The fourth-order valence-corrected chi connectivity index (χ4v) is 2.20. The first-order valence-electron chi connectivity index (χ1n) is 5.61. The van der Waals surface area contributed by atoms with E-state index >= 15 is 0 Å². The summed E-state index contributed by atoms with van der Waals surface area (Å²) >= 11 is 3.43. The third-order valence-electron chi connectivity index (χ3n) is 2.50. The standard InChI is InChI=1S/C12H15BrN4/c1-2-15-11(12-16-3-4-17-12)6-9-5-10(13)8-14-7-9/h3-5,7-8,11,15H,2,6H2,1H3,(H,16,17). The van der Waals surface area contributed by atoms with Crippen LogP contribution in [0.3, 0.4) is 0 Å². The zero-order chi connectivity index (χ0) is 12.1. The third kappa shape index (κ3) is 3.38. The number of aromatic amines is 1. The minimum atomic E-state index is 0.200. The van der Waals surface area contributed by atoms with Crippen LogP contribution < -0.4 is 5.32 Å². The number of nitrogens with zero attached hydrogens (tertiary/aromatic N) is 2. The van der Waals surface area contributed by atoms with Gasteiger partial charge in [-0.05, 0) is 40.5 Å². The molecular weight excluding hydrogens is 280 g/mol. The van der Waals surface area contributed by atoms with E-state index in [0.29, 0.717) is 0 Å². The molecule has 0 saturated carbocycles. The molecule has 4 nitrogen and oxygen atoms in total. The molecule has 2 rings (SSSR count). The van der Waals surface area contributed by atoms with Gasteiger partial charge in [0.1, 0.15) is 5.82 Å². The highest BCUT2D eigenvalue weighted by Gasteiger charge is 2.13. The van der Waals surface area contributed by atoms with E-state index in [1.165, 1.54) is 5.56 Å². The molecule has 5 heteroatoms. The number of imidazole rings is 1. The van der Waals surface area contributed by atoms with Crippen molar-refractivity contribution in [1.82, 2.24) is 20.3 Å². The van der Waals surface area contributed by atoms with Crippen LogP contribution in [0.5, 0.6) is 0 Å².